The van der Waals surface area contributed by atoms with Gasteiger partial charge in [-0.05, 0) is 56.0 Å². The molecule has 0 radical (unpaired) electrons. The average Bonchev–Trinajstić information content (AvgIpc) is 3.39. The highest BCUT2D eigenvalue weighted by molar-refractivity contribution is 5.97. The molecule has 0 N–H and O–H groups in total. The lowest BCUT2D eigenvalue weighted by Crippen LogP contribution is -2.62. The van der Waals surface area contributed by atoms with Gasteiger partial charge in [0.25, 0.3) is 11.8 Å². The van der Waals surface area contributed by atoms with Crippen LogP contribution in [0.15, 0.2) is 55.0 Å². The Morgan fingerprint density at radius 2 is 1.76 bits per heavy atom. The SMILES string of the molecule is CCc1cnccc1C(=O)N1CCN(C(=O)c2cn3nc(-c4ccc(C(F)(F)F)cc4)cc(C(C)C)c3n2)C(C)(C)C1. The lowest BCUT2D eigenvalue weighted by atomic mass is 9.97. The van der Waals surface area contributed by atoms with Gasteiger partial charge in [0.15, 0.2) is 5.65 Å². The zero-order valence-electron chi connectivity index (χ0n) is 24.2. The maximum absolute atomic E-state index is 13.8. The zero-order valence-corrected chi connectivity index (χ0v) is 24.2. The van der Waals surface area contributed by atoms with E-state index in [0.717, 1.165) is 23.3 Å². The topological polar surface area (TPSA) is 83.7 Å². The first-order valence-electron chi connectivity index (χ1n) is 13.9. The molecule has 1 saturated heterocycles. The minimum Gasteiger partial charge on any atom is -0.335 e. The summed E-state index contributed by atoms with van der Waals surface area (Å²) in [5, 5.41) is 4.59. The molecule has 1 aliphatic rings. The van der Waals surface area contributed by atoms with E-state index >= 15 is 0 Å². The van der Waals surface area contributed by atoms with Gasteiger partial charge in [0, 0.05) is 48.7 Å². The standard InChI is InChI=1S/C31H33F3N6O2/c1-6-20-16-35-12-11-23(20)28(41)38-13-14-39(30(4,5)18-38)29(42)26-17-40-27(36-26)24(19(2)3)15-25(37-40)21-7-9-22(10-8-21)31(32,33)34/h7-12,15-17,19H,6,13-14,18H2,1-5H3. The van der Waals surface area contributed by atoms with Crippen molar-refractivity contribution in [1.29, 1.82) is 0 Å². The van der Waals surface area contributed by atoms with E-state index in [1.807, 2.05) is 40.7 Å². The van der Waals surface area contributed by atoms with Crippen LogP contribution < -0.4 is 0 Å². The molecule has 0 bridgehead atoms. The Morgan fingerprint density at radius 3 is 2.38 bits per heavy atom. The van der Waals surface area contributed by atoms with E-state index in [1.165, 1.54) is 16.6 Å². The number of hydrogen-bond acceptors (Lipinski definition) is 5. The maximum Gasteiger partial charge on any atom is 0.416 e. The van der Waals surface area contributed by atoms with Gasteiger partial charge in [-0.3, -0.25) is 14.6 Å². The van der Waals surface area contributed by atoms with Crippen LogP contribution >= 0.6 is 0 Å². The van der Waals surface area contributed by atoms with Gasteiger partial charge in [0.05, 0.1) is 23.0 Å². The highest BCUT2D eigenvalue weighted by Crippen LogP contribution is 2.32. The van der Waals surface area contributed by atoms with E-state index in [2.05, 4.69) is 15.1 Å². The summed E-state index contributed by atoms with van der Waals surface area (Å²) < 4.78 is 40.7. The first-order chi connectivity index (χ1) is 19.8. The summed E-state index contributed by atoms with van der Waals surface area (Å²) in [5.74, 6) is -0.341. The Kier molecular flexibility index (Phi) is 7.55. The molecule has 4 aromatic rings. The van der Waals surface area contributed by atoms with Crippen LogP contribution in [0.5, 0.6) is 0 Å². The molecule has 0 saturated carbocycles. The molecule has 4 heterocycles. The van der Waals surface area contributed by atoms with Gasteiger partial charge in [-0.15, -0.1) is 0 Å². The Morgan fingerprint density at radius 1 is 1.05 bits per heavy atom. The van der Waals surface area contributed by atoms with Crippen molar-refractivity contribution in [2.24, 2.45) is 0 Å². The number of nitrogens with zero attached hydrogens (tertiary/aromatic N) is 6. The van der Waals surface area contributed by atoms with Gasteiger partial charge in [-0.25, -0.2) is 9.50 Å². The summed E-state index contributed by atoms with van der Waals surface area (Å²) in [6.45, 7) is 10.9. The van der Waals surface area contributed by atoms with E-state index in [9.17, 15) is 22.8 Å². The molecule has 0 unspecified atom stereocenters. The molecule has 5 rings (SSSR count). The van der Waals surface area contributed by atoms with Gasteiger partial charge >= 0.3 is 6.18 Å². The Bertz CT molecular complexity index is 1640. The summed E-state index contributed by atoms with van der Waals surface area (Å²) in [6, 6.07) is 8.39. The summed E-state index contributed by atoms with van der Waals surface area (Å²) in [5.41, 5.74) is 2.65. The molecule has 3 aromatic heterocycles. The van der Waals surface area contributed by atoms with Crippen LogP contribution in [0.1, 0.15) is 78.1 Å². The lowest BCUT2D eigenvalue weighted by molar-refractivity contribution is -0.137. The number of rotatable bonds is 5. The Hall–Kier alpha value is -4.28. The average molecular weight is 579 g/mol. The fourth-order valence-electron chi connectivity index (χ4n) is 5.43. The normalized spacial score (nSPS) is 15.5. The number of imidazole rings is 1. The third-order valence-corrected chi connectivity index (χ3v) is 7.75. The monoisotopic (exact) mass is 578 g/mol. The van der Waals surface area contributed by atoms with Gasteiger partial charge in [0.2, 0.25) is 0 Å². The minimum absolute atomic E-state index is 0.0150. The molecule has 42 heavy (non-hydrogen) atoms. The van der Waals surface area contributed by atoms with Crippen molar-refractivity contribution in [2.75, 3.05) is 19.6 Å². The van der Waals surface area contributed by atoms with Crippen LogP contribution in [0.3, 0.4) is 0 Å². The summed E-state index contributed by atoms with van der Waals surface area (Å²) in [7, 11) is 0. The number of aryl methyl sites for hydroxylation is 1. The van der Waals surface area contributed by atoms with Crippen LogP contribution in [-0.2, 0) is 12.6 Å². The zero-order chi connectivity index (χ0) is 30.4. The first kappa shape index (κ1) is 29.2. The number of carbonyl (C=O) groups excluding carboxylic acids is 2. The summed E-state index contributed by atoms with van der Waals surface area (Å²) in [6.07, 6.45) is 1.16. The number of aromatic nitrogens is 4. The lowest BCUT2D eigenvalue weighted by Gasteiger charge is -2.47. The predicted octanol–water partition coefficient (Wildman–Crippen LogP) is 5.87. The molecule has 2 amide bonds. The van der Waals surface area contributed by atoms with Crippen molar-refractivity contribution < 1.29 is 22.8 Å². The van der Waals surface area contributed by atoms with E-state index in [-0.39, 0.29) is 23.4 Å². The van der Waals surface area contributed by atoms with E-state index < -0.39 is 17.3 Å². The molecule has 0 aliphatic carbocycles. The molecule has 220 valence electrons. The van der Waals surface area contributed by atoms with Gasteiger partial charge in [0.1, 0.15) is 5.69 Å². The van der Waals surface area contributed by atoms with Crippen LogP contribution in [0.4, 0.5) is 13.2 Å². The molecule has 1 aliphatic heterocycles. The number of alkyl halides is 3. The number of amides is 2. The fourth-order valence-corrected chi connectivity index (χ4v) is 5.43. The number of pyridine rings is 1. The molecule has 0 atom stereocenters. The number of piperazine rings is 1. The summed E-state index contributed by atoms with van der Waals surface area (Å²) in [4.78, 5) is 39.5. The maximum atomic E-state index is 13.8. The van der Waals surface area contributed by atoms with Crippen molar-refractivity contribution in [3.05, 3.63) is 82.9 Å². The summed E-state index contributed by atoms with van der Waals surface area (Å²) >= 11 is 0. The van der Waals surface area contributed by atoms with E-state index in [0.29, 0.717) is 48.5 Å². The highest BCUT2D eigenvalue weighted by atomic mass is 19.4. The van der Waals surface area contributed by atoms with Crippen molar-refractivity contribution in [3.63, 3.8) is 0 Å². The van der Waals surface area contributed by atoms with Gasteiger partial charge in [-0.1, -0.05) is 32.9 Å². The molecule has 1 fully saturated rings. The van der Waals surface area contributed by atoms with E-state index in [1.54, 1.807) is 34.5 Å². The smallest absolute Gasteiger partial charge is 0.335 e. The molecule has 11 heteroatoms. The predicted molar refractivity (Wildman–Crippen MR) is 152 cm³/mol. The largest absolute Gasteiger partial charge is 0.416 e. The Labute approximate surface area is 242 Å². The van der Waals surface area contributed by atoms with Crippen LogP contribution in [0, 0.1) is 0 Å². The van der Waals surface area contributed by atoms with Crippen molar-refractivity contribution in [3.8, 4) is 11.3 Å². The molecular formula is C31H33F3N6O2. The molecule has 1 aromatic carbocycles. The van der Waals surface area contributed by atoms with Crippen LogP contribution in [0.2, 0.25) is 0 Å². The number of carbonyl (C=O) groups is 2. The van der Waals surface area contributed by atoms with Gasteiger partial charge in [-0.2, -0.15) is 18.3 Å². The van der Waals surface area contributed by atoms with Crippen molar-refractivity contribution in [2.45, 2.75) is 58.7 Å². The Balaban J connectivity index is 1.42. The van der Waals surface area contributed by atoms with Crippen LogP contribution in [-0.4, -0.2) is 66.4 Å². The minimum atomic E-state index is -4.43. The molecule has 0 spiro atoms. The third-order valence-electron chi connectivity index (χ3n) is 7.75. The number of fused-ring (bicyclic) bond motifs is 1. The number of benzene rings is 1. The second-order valence-corrected chi connectivity index (χ2v) is 11.5. The quantitative estimate of drug-likeness (QED) is 0.296. The molecule has 8 nitrogen and oxygen atoms in total. The van der Waals surface area contributed by atoms with Crippen LogP contribution in [0.25, 0.3) is 16.9 Å². The third kappa shape index (κ3) is 5.47. The number of halogens is 3. The highest BCUT2D eigenvalue weighted by Gasteiger charge is 2.40. The van der Waals surface area contributed by atoms with Crippen molar-refractivity contribution >= 4 is 17.5 Å². The molecular weight excluding hydrogens is 545 g/mol. The second-order valence-electron chi connectivity index (χ2n) is 11.5. The van der Waals surface area contributed by atoms with Gasteiger partial charge < -0.3 is 9.80 Å². The first-order valence-corrected chi connectivity index (χ1v) is 13.9. The number of hydrogen-bond donors (Lipinski definition) is 0. The van der Waals surface area contributed by atoms with E-state index in [4.69, 9.17) is 0 Å². The van der Waals surface area contributed by atoms with Crippen molar-refractivity contribution in [1.82, 2.24) is 29.4 Å². The second kappa shape index (κ2) is 10.8. The fraction of sp³-hybridized carbons (Fsp3) is 0.387.